The molecule has 1 atom stereocenters. The Balaban J connectivity index is 1.91. The van der Waals surface area contributed by atoms with Crippen molar-refractivity contribution in [1.29, 1.82) is 0 Å². The minimum atomic E-state index is 0.370. The number of nitrogens with one attached hydrogen (secondary N) is 1. The van der Waals surface area contributed by atoms with Crippen LogP contribution in [-0.4, -0.2) is 16.3 Å². The van der Waals surface area contributed by atoms with Gasteiger partial charge in [0, 0.05) is 19.3 Å². The van der Waals surface area contributed by atoms with E-state index in [4.69, 9.17) is 4.74 Å². The molecule has 1 unspecified atom stereocenters. The van der Waals surface area contributed by atoms with Gasteiger partial charge in [-0.05, 0) is 37.2 Å². The second-order valence-corrected chi connectivity index (χ2v) is 4.62. The molecule has 19 heavy (non-hydrogen) atoms. The first-order chi connectivity index (χ1) is 9.19. The molecule has 0 aliphatic heterocycles. The summed E-state index contributed by atoms with van der Waals surface area (Å²) in [6.45, 7) is 5.75. The summed E-state index contributed by atoms with van der Waals surface area (Å²) in [7, 11) is 1.90. The third-order valence-corrected chi connectivity index (χ3v) is 3.05. The number of nitrogens with zero attached hydrogens (tertiary/aromatic N) is 2. The minimum Gasteiger partial charge on any atom is -0.487 e. The van der Waals surface area contributed by atoms with Crippen LogP contribution in [0.25, 0.3) is 0 Å². The van der Waals surface area contributed by atoms with Gasteiger partial charge in [0.1, 0.15) is 12.4 Å². The van der Waals surface area contributed by atoms with Crippen molar-refractivity contribution in [3.8, 4) is 5.75 Å². The average molecular weight is 259 g/mol. The van der Waals surface area contributed by atoms with E-state index in [1.54, 1.807) is 4.68 Å². The molecule has 0 saturated heterocycles. The predicted molar refractivity (Wildman–Crippen MR) is 76.1 cm³/mol. The van der Waals surface area contributed by atoms with E-state index in [-0.39, 0.29) is 0 Å². The van der Waals surface area contributed by atoms with E-state index in [0.717, 1.165) is 18.0 Å². The lowest BCUT2D eigenvalue weighted by atomic mass is 10.1. The van der Waals surface area contributed by atoms with Crippen LogP contribution in [0, 0.1) is 0 Å². The van der Waals surface area contributed by atoms with Gasteiger partial charge in [0.15, 0.2) is 0 Å². The highest BCUT2D eigenvalue weighted by molar-refractivity contribution is 5.29. The zero-order chi connectivity index (χ0) is 13.7. The Morgan fingerprint density at radius 2 is 2.00 bits per heavy atom. The smallest absolute Gasteiger partial charge is 0.132 e. The molecular weight excluding hydrogens is 238 g/mol. The molecule has 0 spiro atoms. The maximum absolute atomic E-state index is 5.70. The van der Waals surface area contributed by atoms with Gasteiger partial charge in [-0.1, -0.05) is 19.1 Å². The number of rotatable bonds is 6. The van der Waals surface area contributed by atoms with Gasteiger partial charge < -0.3 is 10.1 Å². The molecule has 4 nitrogen and oxygen atoms in total. The van der Waals surface area contributed by atoms with E-state index >= 15 is 0 Å². The summed E-state index contributed by atoms with van der Waals surface area (Å²) in [6.07, 6.45) is 1.92. The molecule has 2 rings (SSSR count). The van der Waals surface area contributed by atoms with Crippen LogP contribution in [0.1, 0.15) is 31.1 Å². The highest BCUT2D eigenvalue weighted by Gasteiger charge is 2.04. The van der Waals surface area contributed by atoms with E-state index in [0.29, 0.717) is 12.6 Å². The largest absolute Gasteiger partial charge is 0.487 e. The lowest BCUT2D eigenvalue weighted by Crippen LogP contribution is -2.17. The molecule has 0 bridgehead atoms. The fourth-order valence-corrected chi connectivity index (χ4v) is 1.97. The van der Waals surface area contributed by atoms with Gasteiger partial charge in [-0.2, -0.15) is 5.10 Å². The number of aryl methyl sites for hydroxylation is 1. The van der Waals surface area contributed by atoms with Crippen molar-refractivity contribution < 1.29 is 4.74 Å². The number of ether oxygens (including phenoxy) is 1. The van der Waals surface area contributed by atoms with Crippen molar-refractivity contribution in [1.82, 2.24) is 15.1 Å². The SMILES string of the molecule is CCNC(C)c1ccc(OCc2ccn(C)n2)cc1. The second-order valence-electron chi connectivity index (χ2n) is 4.62. The van der Waals surface area contributed by atoms with Gasteiger partial charge in [0.05, 0.1) is 5.69 Å². The maximum atomic E-state index is 5.70. The van der Waals surface area contributed by atoms with Gasteiger partial charge in [-0.3, -0.25) is 4.68 Å². The van der Waals surface area contributed by atoms with Crippen molar-refractivity contribution in [2.24, 2.45) is 7.05 Å². The van der Waals surface area contributed by atoms with E-state index < -0.39 is 0 Å². The first-order valence-electron chi connectivity index (χ1n) is 6.63. The zero-order valence-corrected chi connectivity index (χ0v) is 11.8. The van der Waals surface area contributed by atoms with Crippen LogP contribution in [0.5, 0.6) is 5.75 Å². The lowest BCUT2D eigenvalue weighted by molar-refractivity contribution is 0.300. The van der Waals surface area contributed by atoms with Gasteiger partial charge in [-0.15, -0.1) is 0 Å². The minimum absolute atomic E-state index is 0.370. The van der Waals surface area contributed by atoms with Crippen molar-refractivity contribution >= 4 is 0 Å². The van der Waals surface area contributed by atoms with Gasteiger partial charge in [0.25, 0.3) is 0 Å². The molecule has 102 valence electrons. The summed E-state index contributed by atoms with van der Waals surface area (Å²) in [5.41, 5.74) is 2.21. The Kier molecular flexibility index (Phi) is 4.58. The third kappa shape index (κ3) is 3.83. The van der Waals surface area contributed by atoms with Gasteiger partial charge in [0.2, 0.25) is 0 Å². The first-order valence-corrected chi connectivity index (χ1v) is 6.63. The summed E-state index contributed by atoms with van der Waals surface area (Å²) < 4.78 is 7.48. The normalized spacial score (nSPS) is 12.4. The number of hydrogen-bond acceptors (Lipinski definition) is 3. The monoisotopic (exact) mass is 259 g/mol. The Hall–Kier alpha value is -1.81. The molecule has 0 saturated carbocycles. The van der Waals surface area contributed by atoms with E-state index in [2.05, 4.69) is 36.4 Å². The van der Waals surface area contributed by atoms with Crippen molar-refractivity contribution in [3.05, 3.63) is 47.8 Å². The summed E-state index contributed by atoms with van der Waals surface area (Å²) in [5.74, 6) is 0.873. The molecule has 2 aromatic rings. The molecule has 0 aliphatic rings. The highest BCUT2D eigenvalue weighted by Crippen LogP contribution is 2.18. The molecule has 0 amide bonds. The molecular formula is C15H21N3O. The van der Waals surface area contributed by atoms with Crippen LogP contribution in [0.15, 0.2) is 36.5 Å². The van der Waals surface area contributed by atoms with Crippen LogP contribution in [-0.2, 0) is 13.7 Å². The Morgan fingerprint density at radius 3 is 2.58 bits per heavy atom. The molecule has 0 radical (unpaired) electrons. The zero-order valence-electron chi connectivity index (χ0n) is 11.8. The number of hydrogen-bond donors (Lipinski definition) is 1. The van der Waals surface area contributed by atoms with Crippen molar-refractivity contribution in [3.63, 3.8) is 0 Å². The number of aromatic nitrogens is 2. The summed E-state index contributed by atoms with van der Waals surface area (Å²) >= 11 is 0. The summed E-state index contributed by atoms with van der Waals surface area (Å²) in [5, 5.41) is 7.67. The average Bonchev–Trinajstić information content (AvgIpc) is 2.83. The third-order valence-electron chi connectivity index (χ3n) is 3.05. The Labute approximate surface area is 114 Å². The molecule has 4 heteroatoms. The lowest BCUT2D eigenvalue weighted by Gasteiger charge is -2.13. The highest BCUT2D eigenvalue weighted by atomic mass is 16.5. The van der Waals surface area contributed by atoms with Crippen LogP contribution >= 0.6 is 0 Å². The molecule has 0 aliphatic carbocycles. The van der Waals surface area contributed by atoms with Crippen LogP contribution in [0.3, 0.4) is 0 Å². The van der Waals surface area contributed by atoms with Crippen molar-refractivity contribution in [2.75, 3.05) is 6.54 Å². The topological polar surface area (TPSA) is 39.1 Å². The fourth-order valence-electron chi connectivity index (χ4n) is 1.97. The van der Waals surface area contributed by atoms with Crippen molar-refractivity contribution in [2.45, 2.75) is 26.5 Å². The molecule has 1 aromatic carbocycles. The van der Waals surface area contributed by atoms with Gasteiger partial charge in [-0.25, -0.2) is 0 Å². The molecule has 1 aromatic heterocycles. The van der Waals surface area contributed by atoms with E-state index in [1.807, 2.05) is 31.4 Å². The standard InChI is InChI=1S/C15H21N3O/c1-4-16-12(2)13-5-7-15(8-6-13)19-11-14-9-10-18(3)17-14/h5-10,12,16H,4,11H2,1-3H3. The maximum Gasteiger partial charge on any atom is 0.132 e. The van der Waals surface area contributed by atoms with Gasteiger partial charge >= 0.3 is 0 Å². The van der Waals surface area contributed by atoms with Crippen LogP contribution in [0.4, 0.5) is 0 Å². The molecule has 1 N–H and O–H groups in total. The number of benzene rings is 1. The van der Waals surface area contributed by atoms with Crippen LogP contribution in [0.2, 0.25) is 0 Å². The molecule has 0 fully saturated rings. The summed E-state index contributed by atoms with van der Waals surface area (Å²) in [6, 6.07) is 10.5. The quantitative estimate of drug-likeness (QED) is 0.867. The first kappa shape index (κ1) is 13.6. The predicted octanol–water partition coefficient (Wildman–Crippen LogP) is 2.67. The molecule has 1 heterocycles. The van der Waals surface area contributed by atoms with E-state index in [9.17, 15) is 0 Å². The summed E-state index contributed by atoms with van der Waals surface area (Å²) in [4.78, 5) is 0. The second kappa shape index (κ2) is 6.38. The van der Waals surface area contributed by atoms with E-state index in [1.165, 1.54) is 5.56 Å². The Bertz CT molecular complexity index is 504. The fraction of sp³-hybridized carbons (Fsp3) is 0.400. The van der Waals surface area contributed by atoms with Crippen LogP contribution < -0.4 is 10.1 Å². The Morgan fingerprint density at radius 1 is 1.26 bits per heavy atom.